The normalized spacial score (nSPS) is 11.1. The van der Waals surface area contributed by atoms with Crippen LogP contribution in [0.4, 0.5) is 11.4 Å². The number of nitrogens with zero attached hydrogens (tertiary/aromatic N) is 1. The first-order valence-electron chi connectivity index (χ1n) is 5.52. The molecule has 0 saturated heterocycles. The molecule has 1 N–H and O–H groups in total. The molecule has 0 unspecified atom stereocenters. The molecule has 0 radical (unpaired) electrons. The van der Waals surface area contributed by atoms with Crippen LogP contribution in [0.15, 0.2) is 56.3 Å². The lowest BCUT2D eigenvalue weighted by atomic mass is 10.3. The molecule has 0 spiro atoms. The second-order valence-electron chi connectivity index (χ2n) is 3.99. The van der Waals surface area contributed by atoms with Crippen molar-refractivity contribution in [3.8, 4) is 0 Å². The van der Waals surface area contributed by atoms with Crippen LogP contribution in [0, 0.1) is 10.1 Å². The van der Waals surface area contributed by atoms with E-state index >= 15 is 0 Å². The van der Waals surface area contributed by atoms with Gasteiger partial charge in [-0.2, -0.15) is 0 Å². The minimum atomic E-state index is -4.07. The van der Waals surface area contributed by atoms with Crippen LogP contribution >= 0.6 is 31.9 Å². The molecular formula is C12H8Br2N2O4S. The third-order valence-electron chi connectivity index (χ3n) is 2.48. The maximum absolute atomic E-state index is 12.3. The highest BCUT2D eigenvalue weighted by molar-refractivity contribution is 9.10. The van der Waals surface area contributed by atoms with Gasteiger partial charge in [0.15, 0.2) is 4.90 Å². The van der Waals surface area contributed by atoms with Gasteiger partial charge in [0, 0.05) is 20.7 Å². The Hall–Kier alpha value is -1.45. The van der Waals surface area contributed by atoms with Crippen LogP contribution in [0.1, 0.15) is 0 Å². The predicted octanol–water partition coefficient (Wildman–Crippen LogP) is 3.92. The molecule has 2 aromatic rings. The third kappa shape index (κ3) is 3.80. The topological polar surface area (TPSA) is 89.3 Å². The van der Waals surface area contributed by atoms with Gasteiger partial charge in [0.2, 0.25) is 0 Å². The lowest BCUT2D eigenvalue weighted by Crippen LogP contribution is -2.14. The van der Waals surface area contributed by atoms with Crippen LogP contribution in [0.3, 0.4) is 0 Å². The first-order valence-corrected chi connectivity index (χ1v) is 8.59. The Labute approximate surface area is 137 Å². The molecule has 110 valence electrons. The van der Waals surface area contributed by atoms with Gasteiger partial charge in [0.05, 0.1) is 4.92 Å². The molecule has 0 amide bonds. The van der Waals surface area contributed by atoms with Crippen LogP contribution in [0.2, 0.25) is 0 Å². The number of anilines is 1. The molecule has 0 aromatic heterocycles. The van der Waals surface area contributed by atoms with Crippen molar-refractivity contribution in [2.45, 2.75) is 4.90 Å². The number of benzene rings is 2. The summed E-state index contributed by atoms with van der Waals surface area (Å²) < 4.78 is 28.1. The number of halogens is 2. The zero-order valence-corrected chi connectivity index (χ0v) is 14.3. The fourth-order valence-corrected chi connectivity index (χ4v) is 3.78. The lowest BCUT2D eigenvalue weighted by molar-refractivity contribution is -0.387. The van der Waals surface area contributed by atoms with E-state index in [0.717, 1.165) is 6.07 Å². The number of hydrogen-bond donors (Lipinski definition) is 1. The van der Waals surface area contributed by atoms with Gasteiger partial charge < -0.3 is 0 Å². The minimum Gasteiger partial charge on any atom is -0.279 e. The van der Waals surface area contributed by atoms with E-state index in [1.54, 1.807) is 24.3 Å². The molecule has 2 aromatic carbocycles. The molecule has 0 aliphatic heterocycles. The van der Waals surface area contributed by atoms with Crippen molar-refractivity contribution in [2.24, 2.45) is 0 Å². The van der Waals surface area contributed by atoms with Gasteiger partial charge in [0.1, 0.15) is 0 Å². The first-order chi connectivity index (χ1) is 9.79. The Morgan fingerprint density at radius 2 is 1.71 bits per heavy atom. The summed E-state index contributed by atoms with van der Waals surface area (Å²) in [6.45, 7) is 0. The van der Waals surface area contributed by atoms with Crippen molar-refractivity contribution in [1.29, 1.82) is 0 Å². The molecule has 2 rings (SSSR count). The van der Waals surface area contributed by atoms with Gasteiger partial charge in [0.25, 0.3) is 15.7 Å². The van der Waals surface area contributed by atoms with E-state index in [2.05, 4.69) is 36.6 Å². The van der Waals surface area contributed by atoms with Crippen LogP contribution in [-0.4, -0.2) is 13.3 Å². The molecule has 21 heavy (non-hydrogen) atoms. The summed E-state index contributed by atoms with van der Waals surface area (Å²) in [5.74, 6) is 0. The van der Waals surface area contributed by atoms with Crippen LogP contribution < -0.4 is 4.72 Å². The number of rotatable bonds is 4. The number of nitrogens with one attached hydrogen (secondary N) is 1. The largest absolute Gasteiger partial charge is 0.289 e. The molecule has 9 heteroatoms. The fourth-order valence-electron chi connectivity index (χ4n) is 1.62. The van der Waals surface area contributed by atoms with E-state index in [1.165, 1.54) is 12.1 Å². The molecule has 0 bridgehead atoms. The monoisotopic (exact) mass is 434 g/mol. The molecular weight excluding hydrogens is 428 g/mol. The smallest absolute Gasteiger partial charge is 0.279 e. The predicted molar refractivity (Wildman–Crippen MR) is 85.7 cm³/mol. The third-order valence-corrected chi connectivity index (χ3v) is 4.88. The van der Waals surface area contributed by atoms with E-state index in [1.807, 2.05) is 0 Å². The SMILES string of the molecule is O=[N+]([O-])c1ccc(Br)cc1S(=O)(=O)Nc1cccc(Br)c1. The maximum Gasteiger partial charge on any atom is 0.289 e. The number of nitro groups is 1. The van der Waals surface area contributed by atoms with Crippen molar-refractivity contribution in [3.63, 3.8) is 0 Å². The molecule has 0 fully saturated rings. The first kappa shape index (κ1) is 15.9. The molecule has 0 atom stereocenters. The van der Waals surface area contributed by atoms with Gasteiger partial charge in [-0.1, -0.05) is 37.9 Å². The lowest BCUT2D eigenvalue weighted by Gasteiger charge is -2.09. The Morgan fingerprint density at radius 3 is 2.33 bits per heavy atom. The molecule has 0 saturated carbocycles. The quantitative estimate of drug-likeness (QED) is 0.582. The summed E-state index contributed by atoms with van der Waals surface area (Å²) in [6, 6.07) is 10.2. The van der Waals surface area contributed by atoms with Crippen molar-refractivity contribution in [1.82, 2.24) is 0 Å². The molecule has 6 nitrogen and oxygen atoms in total. The fraction of sp³-hybridized carbons (Fsp3) is 0. The van der Waals surface area contributed by atoms with Gasteiger partial charge in [-0.25, -0.2) is 8.42 Å². The summed E-state index contributed by atoms with van der Waals surface area (Å²) in [5.41, 5.74) is -0.181. The summed E-state index contributed by atoms with van der Waals surface area (Å²) in [4.78, 5) is 9.84. The summed E-state index contributed by atoms with van der Waals surface area (Å²) >= 11 is 6.34. The average Bonchev–Trinajstić information content (AvgIpc) is 2.37. The Bertz CT molecular complexity index is 809. The summed E-state index contributed by atoms with van der Waals surface area (Å²) in [5, 5.41) is 11.0. The van der Waals surface area contributed by atoms with Gasteiger partial charge in [-0.15, -0.1) is 0 Å². The highest BCUT2D eigenvalue weighted by Gasteiger charge is 2.26. The van der Waals surface area contributed by atoms with E-state index in [0.29, 0.717) is 14.6 Å². The standard InChI is InChI=1S/C12H8Br2N2O4S/c13-8-2-1-3-10(6-8)15-21(19,20)12-7-9(14)4-5-11(12)16(17)18/h1-7,15H. The highest BCUT2D eigenvalue weighted by Crippen LogP contribution is 2.29. The number of nitro benzene ring substituents is 1. The van der Waals surface area contributed by atoms with Crippen LogP contribution in [-0.2, 0) is 10.0 Å². The summed E-state index contributed by atoms with van der Waals surface area (Å²) in [6.07, 6.45) is 0. The second kappa shape index (κ2) is 6.12. The van der Waals surface area contributed by atoms with Gasteiger partial charge in [-0.3, -0.25) is 14.8 Å². The van der Waals surface area contributed by atoms with Crippen molar-refractivity contribution >= 4 is 53.3 Å². The van der Waals surface area contributed by atoms with Crippen molar-refractivity contribution in [3.05, 3.63) is 61.5 Å². The van der Waals surface area contributed by atoms with E-state index in [4.69, 9.17) is 0 Å². The van der Waals surface area contributed by atoms with E-state index < -0.39 is 25.5 Å². The maximum atomic E-state index is 12.3. The Balaban J connectivity index is 2.49. The highest BCUT2D eigenvalue weighted by atomic mass is 79.9. The summed E-state index contributed by atoms with van der Waals surface area (Å²) in [7, 11) is -4.07. The zero-order valence-electron chi connectivity index (χ0n) is 10.3. The Kier molecular flexibility index (Phi) is 4.64. The van der Waals surface area contributed by atoms with Gasteiger partial charge in [-0.05, 0) is 30.3 Å². The van der Waals surface area contributed by atoms with Crippen molar-refractivity contribution in [2.75, 3.05) is 4.72 Å². The van der Waals surface area contributed by atoms with Crippen molar-refractivity contribution < 1.29 is 13.3 Å². The number of sulfonamides is 1. The number of hydrogen-bond acceptors (Lipinski definition) is 4. The van der Waals surface area contributed by atoms with E-state index in [-0.39, 0.29) is 0 Å². The molecule has 0 aliphatic rings. The average molecular weight is 436 g/mol. The Morgan fingerprint density at radius 1 is 1.05 bits per heavy atom. The molecule has 0 aliphatic carbocycles. The van der Waals surface area contributed by atoms with Crippen LogP contribution in [0.5, 0.6) is 0 Å². The second-order valence-corrected chi connectivity index (χ2v) is 7.47. The van der Waals surface area contributed by atoms with Gasteiger partial charge >= 0.3 is 0 Å². The molecule has 0 heterocycles. The van der Waals surface area contributed by atoms with Crippen LogP contribution in [0.25, 0.3) is 0 Å². The van der Waals surface area contributed by atoms with E-state index in [9.17, 15) is 18.5 Å². The minimum absolute atomic E-state index is 0.304. The zero-order chi connectivity index (χ0) is 15.6.